The van der Waals surface area contributed by atoms with E-state index in [0.29, 0.717) is 36.4 Å². The number of hydrogen-bond acceptors (Lipinski definition) is 7. The molecule has 0 spiro atoms. The second kappa shape index (κ2) is 8.87. The standard InChI is InChI=1S/C20H28N6O2S/c1-6-15(16-8-9-22-19(16)21-4)20-23-17(25-29(5,27)7-2)12-18(24-20)26-10-11-28-13-14(26)3/h6,8-9,12,14,22H,4,7,10-11,13H2,1-3,5H3/b15-6+/t14-,29?/m1/s1. The molecule has 1 unspecified atom stereocenters. The van der Waals surface area contributed by atoms with Crippen LogP contribution < -0.4 is 4.90 Å². The highest BCUT2D eigenvalue weighted by Crippen LogP contribution is 2.31. The molecule has 0 saturated carbocycles. The van der Waals surface area contributed by atoms with Crippen LogP contribution >= 0.6 is 0 Å². The van der Waals surface area contributed by atoms with Crippen molar-refractivity contribution in [2.75, 3.05) is 36.7 Å². The van der Waals surface area contributed by atoms with E-state index in [1.807, 2.05) is 26.0 Å². The van der Waals surface area contributed by atoms with Crippen molar-refractivity contribution in [2.45, 2.75) is 26.8 Å². The maximum Gasteiger partial charge on any atom is 0.167 e. The molecule has 0 aliphatic carbocycles. The molecule has 2 aromatic heterocycles. The Hall–Kier alpha value is -2.52. The summed E-state index contributed by atoms with van der Waals surface area (Å²) in [6, 6.07) is 3.89. The molecular formula is C20H28N6O2S. The van der Waals surface area contributed by atoms with E-state index in [9.17, 15) is 4.21 Å². The molecule has 0 amide bonds. The zero-order valence-electron chi connectivity index (χ0n) is 17.4. The fourth-order valence-corrected chi connectivity index (χ4v) is 3.80. The highest BCUT2D eigenvalue weighted by atomic mass is 32.2. The van der Waals surface area contributed by atoms with Crippen molar-refractivity contribution >= 4 is 39.5 Å². The monoisotopic (exact) mass is 416 g/mol. The van der Waals surface area contributed by atoms with Gasteiger partial charge in [-0.15, -0.1) is 0 Å². The molecule has 1 aliphatic rings. The lowest BCUT2D eigenvalue weighted by atomic mass is 10.1. The number of nitrogens with zero attached hydrogens (tertiary/aromatic N) is 5. The van der Waals surface area contributed by atoms with Crippen LogP contribution in [0.25, 0.3) is 5.57 Å². The molecule has 2 atom stereocenters. The van der Waals surface area contributed by atoms with Gasteiger partial charge in [0.2, 0.25) is 0 Å². The van der Waals surface area contributed by atoms with E-state index in [1.54, 1.807) is 18.5 Å². The van der Waals surface area contributed by atoms with E-state index in [4.69, 9.17) is 9.72 Å². The quantitative estimate of drug-likeness (QED) is 0.727. The van der Waals surface area contributed by atoms with E-state index in [2.05, 4.69) is 37.9 Å². The highest BCUT2D eigenvalue weighted by molar-refractivity contribution is 7.93. The first kappa shape index (κ1) is 21.2. The number of ether oxygens (including phenoxy) is 1. The van der Waals surface area contributed by atoms with Crippen LogP contribution in [0, 0.1) is 0 Å². The molecule has 1 saturated heterocycles. The Morgan fingerprint density at radius 2 is 2.31 bits per heavy atom. The van der Waals surface area contributed by atoms with Gasteiger partial charge in [-0.05, 0) is 26.6 Å². The summed E-state index contributed by atoms with van der Waals surface area (Å²) in [7, 11) is -2.36. The number of H-pyrrole nitrogens is 1. The molecule has 3 heterocycles. The highest BCUT2D eigenvalue weighted by Gasteiger charge is 2.23. The van der Waals surface area contributed by atoms with Crippen LogP contribution in [0.1, 0.15) is 32.2 Å². The van der Waals surface area contributed by atoms with Crippen molar-refractivity contribution < 1.29 is 8.95 Å². The number of morpholine rings is 1. The third-order valence-electron chi connectivity index (χ3n) is 4.89. The van der Waals surface area contributed by atoms with E-state index in [1.165, 1.54) is 0 Å². The minimum absolute atomic E-state index is 0.170. The van der Waals surface area contributed by atoms with Crippen LogP contribution in [-0.2, 0) is 14.5 Å². The third-order valence-corrected chi connectivity index (χ3v) is 6.53. The van der Waals surface area contributed by atoms with Crippen LogP contribution in [0.3, 0.4) is 0 Å². The van der Waals surface area contributed by atoms with Crippen molar-refractivity contribution in [1.82, 2.24) is 15.0 Å². The SMILES string of the molecule is C=Nc1[nH]ccc1/C(=C\C)c1nc(N=S(C)(=O)CC)cc(N2CCOC[C@H]2C)n1. The first-order valence-electron chi connectivity index (χ1n) is 9.63. The zero-order chi connectivity index (χ0) is 21.0. The van der Waals surface area contributed by atoms with Gasteiger partial charge in [0.25, 0.3) is 0 Å². The van der Waals surface area contributed by atoms with Gasteiger partial charge in [-0.25, -0.2) is 19.2 Å². The summed E-state index contributed by atoms with van der Waals surface area (Å²) < 4.78 is 22.7. The summed E-state index contributed by atoms with van der Waals surface area (Å²) in [5, 5.41) is 0. The number of aromatic nitrogens is 3. The number of aliphatic imine (C=N–C) groups is 1. The van der Waals surface area contributed by atoms with Crippen molar-refractivity contribution in [3.8, 4) is 0 Å². The number of allylic oxidation sites excluding steroid dienone is 1. The number of hydrogen-bond donors (Lipinski definition) is 1. The second-order valence-electron chi connectivity index (χ2n) is 6.97. The van der Waals surface area contributed by atoms with Crippen LogP contribution in [0.4, 0.5) is 17.5 Å². The van der Waals surface area contributed by atoms with Gasteiger partial charge in [-0.3, -0.25) is 0 Å². The number of anilines is 1. The lowest BCUT2D eigenvalue weighted by Gasteiger charge is -2.34. The van der Waals surface area contributed by atoms with Gasteiger partial charge in [-0.2, -0.15) is 4.36 Å². The molecule has 0 bridgehead atoms. The predicted octanol–water partition coefficient (Wildman–Crippen LogP) is 3.56. The van der Waals surface area contributed by atoms with Crippen LogP contribution in [0.5, 0.6) is 0 Å². The lowest BCUT2D eigenvalue weighted by Crippen LogP contribution is -2.44. The second-order valence-corrected chi connectivity index (χ2v) is 9.64. The van der Waals surface area contributed by atoms with E-state index < -0.39 is 9.73 Å². The predicted molar refractivity (Wildman–Crippen MR) is 119 cm³/mol. The number of aromatic amines is 1. The average molecular weight is 417 g/mol. The summed E-state index contributed by atoms with van der Waals surface area (Å²) in [5.74, 6) is 2.78. The topological polar surface area (TPSA) is 95.8 Å². The van der Waals surface area contributed by atoms with Gasteiger partial charge in [0.05, 0.1) is 29.0 Å². The Bertz CT molecular complexity index is 1040. The van der Waals surface area contributed by atoms with Gasteiger partial charge in [0.15, 0.2) is 11.6 Å². The fraction of sp³-hybridized carbons (Fsp3) is 0.450. The maximum absolute atomic E-state index is 12.7. The van der Waals surface area contributed by atoms with Crippen molar-refractivity contribution in [2.24, 2.45) is 9.36 Å². The molecule has 8 nitrogen and oxygen atoms in total. The summed E-state index contributed by atoms with van der Waals surface area (Å²) in [4.78, 5) is 18.7. The summed E-state index contributed by atoms with van der Waals surface area (Å²) in [5.41, 5.74) is 1.67. The van der Waals surface area contributed by atoms with E-state index >= 15 is 0 Å². The number of rotatable bonds is 6. The van der Waals surface area contributed by atoms with Gasteiger partial charge in [0.1, 0.15) is 11.6 Å². The summed E-state index contributed by atoms with van der Waals surface area (Å²) >= 11 is 0. The first-order valence-corrected chi connectivity index (χ1v) is 11.7. The molecular weight excluding hydrogens is 388 g/mol. The molecule has 1 N–H and O–H groups in total. The molecule has 9 heteroatoms. The zero-order valence-corrected chi connectivity index (χ0v) is 18.2. The molecule has 1 aliphatic heterocycles. The molecule has 0 radical (unpaired) electrons. The van der Waals surface area contributed by atoms with Crippen LogP contribution in [-0.4, -0.2) is 63.7 Å². The molecule has 29 heavy (non-hydrogen) atoms. The largest absolute Gasteiger partial charge is 0.377 e. The number of nitrogens with one attached hydrogen (secondary N) is 1. The van der Waals surface area contributed by atoms with Crippen LogP contribution in [0.15, 0.2) is 33.8 Å². The van der Waals surface area contributed by atoms with Crippen molar-refractivity contribution in [3.63, 3.8) is 0 Å². The lowest BCUT2D eigenvalue weighted by molar-refractivity contribution is 0.0985. The van der Waals surface area contributed by atoms with Crippen molar-refractivity contribution in [1.29, 1.82) is 0 Å². The minimum Gasteiger partial charge on any atom is -0.377 e. The molecule has 156 valence electrons. The molecule has 3 rings (SSSR count). The van der Waals surface area contributed by atoms with Crippen LogP contribution in [0.2, 0.25) is 0 Å². The molecule has 1 fully saturated rings. The first-order chi connectivity index (χ1) is 13.9. The summed E-state index contributed by atoms with van der Waals surface area (Å²) in [6.07, 6.45) is 5.39. The van der Waals surface area contributed by atoms with E-state index in [0.717, 1.165) is 23.5 Å². The Balaban J connectivity index is 2.17. The van der Waals surface area contributed by atoms with Gasteiger partial charge in [-0.1, -0.05) is 13.0 Å². The Labute approximate surface area is 172 Å². The van der Waals surface area contributed by atoms with Gasteiger partial charge in [0, 0.05) is 42.0 Å². The maximum atomic E-state index is 12.7. The summed E-state index contributed by atoms with van der Waals surface area (Å²) in [6.45, 7) is 11.5. The Morgan fingerprint density at radius 3 is 2.97 bits per heavy atom. The third kappa shape index (κ3) is 4.73. The minimum atomic E-state index is -2.36. The van der Waals surface area contributed by atoms with E-state index in [-0.39, 0.29) is 6.04 Å². The normalized spacial score (nSPS) is 19.7. The average Bonchev–Trinajstić information content (AvgIpc) is 3.17. The fourth-order valence-electron chi connectivity index (χ4n) is 3.18. The smallest absolute Gasteiger partial charge is 0.167 e. The molecule has 0 aromatic carbocycles. The Kier molecular flexibility index (Phi) is 6.49. The van der Waals surface area contributed by atoms with Crippen molar-refractivity contribution in [3.05, 3.63) is 35.8 Å². The molecule has 2 aromatic rings. The van der Waals surface area contributed by atoms with Gasteiger partial charge >= 0.3 is 0 Å². The van der Waals surface area contributed by atoms with Gasteiger partial charge < -0.3 is 14.6 Å². The Morgan fingerprint density at radius 1 is 1.52 bits per heavy atom.